The molecule has 0 atom stereocenters. The Labute approximate surface area is 122 Å². The third-order valence-corrected chi connectivity index (χ3v) is 5.14. The van der Waals surface area contributed by atoms with E-state index < -0.39 is 0 Å². The lowest BCUT2D eigenvalue weighted by molar-refractivity contribution is 0.0630. The van der Waals surface area contributed by atoms with Crippen LogP contribution in [0.25, 0.3) is 0 Å². The van der Waals surface area contributed by atoms with Gasteiger partial charge >= 0.3 is 0 Å². The second-order valence-corrected chi connectivity index (χ2v) is 5.96. The van der Waals surface area contributed by atoms with E-state index in [1.165, 1.54) is 10.6 Å². The van der Waals surface area contributed by atoms with Crippen molar-refractivity contribution in [1.29, 1.82) is 0 Å². The molecule has 2 nitrogen and oxygen atoms in total. The zero-order valence-electron chi connectivity index (χ0n) is 10.6. The van der Waals surface area contributed by atoms with Gasteiger partial charge in [0.25, 0.3) is 0 Å². The van der Waals surface area contributed by atoms with Gasteiger partial charge < -0.3 is 4.74 Å². The van der Waals surface area contributed by atoms with Gasteiger partial charge in [0, 0.05) is 18.6 Å². The molecule has 2 heterocycles. The second-order valence-electron chi connectivity index (χ2n) is 4.84. The van der Waals surface area contributed by atoms with Crippen molar-refractivity contribution >= 4 is 22.9 Å². The first-order chi connectivity index (χ1) is 9.35. The summed E-state index contributed by atoms with van der Waals surface area (Å²) < 4.78 is 5.55. The number of hydrogen-bond donors (Lipinski definition) is 0. The maximum absolute atomic E-state index is 5.89. The quantitative estimate of drug-likeness (QED) is 0.799. The summed E-state index contributed by atoms with van der Waals surface area (Å²) in [6.45, 7) is 1.59. The van der Waals surface area contributed by atoms with E-state index in [4.69, 9.17) is 21.3 Å². The standard InChI is InChI=1S/C15H16ClNOS/c16-10-13-11-19-14(17-13)15(6-8-18-9-7-15)12-4-2-1-3-5-12/h1-5,11H,6-10H2. The molecule has 1 aliphatic rings. The number of hydrogen-bond acceptors (Lipinski definition) is 3. The summed E-state index contributed by atoms with van der Waals surface area (Å²) in [5.74, 6) is 0.484. The number of alkyl halides is 1. The summed E-state index contributed by atoms with van der Waals surface area (Å²) >= 11 is 7.61. The van der Waals surface area contributed by atoms with Gasteiger partial charge in [-0.1, -0.05) is 30.3 Å². The van der Waals surface area contributed by atoms with Crippen LogP contribution in [0.4, 0.5) is 0 Å². The molecule has 1 saturated heterocycles. The number of aromatic nitrogens is 1. The van der Waals surface area contributed by atoms with Crippen LogP contribution in [0.5, 0.6) is 0 Å². The zero-order chi connectivity index (χ0) is 13.1. The Kier molecular flexibility index (Phi) is 3.87. The van der Waals surface area contributed by atoms with Gasteiger partial charge in [0.15, 0.2) is 0 Å². The minimum Gasteiger partial charge on any atom is -0.381 e. The van der Waals surface area contributed by atoms with Gasteiger partial charge in [-0.05, 0) is 18.4 Å². The molecular formula is C15H16ClNOS. The minimum absolute atomic E-state index is 0.00842. The van der Waals surface area contributed by atoms with E-state index in [0.717, 1.165) is 31.7 Å². The first-order valence-corrected chi connectivity index (χ1v) is 7.91. The number of nitrogens with zero attached hydrogens (tertiary/aromatic N) is 1. The van der Waals surface area contributed by atoms with E-state index in [-0.39, 0.29) is 5.41 Å². The highest BCUT2D eigenvalue weighted by Gasteiger charge is 2.38. The molecule has 0 N–H and O–H groups in total. The highest BCUT2D eigenvalue weighted by molar-refractivity contribution is 7.09. The minimum atomic E-state index is 0.00842. The molecule has 19 heavy (non-hydrogen) atoms. The number of thiazole rings is 1. The van der Waals surface area contributed by atoms with Crippen molar-refractivity contribution in [2.45, 2.75) is 24.1 Å². The fourth-order valence-corrected chi connectivity index (χ4v) is 4.02. The molecule has 100 valence electrons. The van der Waals surface area contributed by atoms with Crippen LogP contribution in [0.1, 0.15) is 29.1 Å². The number of rotatable bonds is 3. The number of ether oxygens (including phenoxy) is 1. The van der Waals surface area contributed by atoms with Gasteiger partial charge in [-0.15, -0.1) is 22.9 Å². The summed E-state index contributed by atoms with van der Waals surface area (Å²) in [5.41, 5.74) is 2.33. The summed E-state index contributed by atoms with van der Waals surface area (Å²) in [5, 5.41) is 3.25. The third kappa shape index (κ3) is 2.42. The lowest BCUT2D eigenvalue weighted by atomic mass is 9.74. The van der Waals surface area contributed by atoms with Crippen LogP contribution in [-0.2, 0) is 16.0 Å². The van der Waals surface area contributed by atoms with Crippen molar-refractivity contribution in [2.75, 3.05) is 13.2 Å². The van der Waals surface area contributed by atoms with E-state index in [9.17, 15) is 0 Å². The average molecular weight is 294 g/mol. The van der Waals surface area contributed by atoms with Gasteiger partial charge in [-0.2, -0.15) is 0 Å². The molecule has 1 aromatic heterocycles. The summed E-state index contributed by atoms with van der Waals surface area (Å²) in [6, 6.07) is 10.7. The second kappa shape index (κ2) is 5.61. The molecule has 0 radical (unpaired) electrons. The molecule has 1 aromatic carbocycles. The first-order valence-electron chi connectivity index (χ1n) is 6.49. The Morgan fingerprint density at radius 3 is 2.58 bits per heavy atom. The highest BCUT2D eigenvalue weighted by atomic mass is 35.5. The molecule has 0 amide bonds. The maximum Gasteiger partial charge on any atom is 0.104 e. The fraction of sp³-hybridized carbons (Fsp3) is 0.400. The molecule has 0 unspecified atom stereocenters. The van der Waals surface area contributed by atoms with E-state index >= 15 is 0 Å². The Morgan fingerprint density at radius 2 is 1.95 bits per heavy atom. The maximum atomic E-state index is 5.89. The van der Waals surface area contributed by atoms with Crippen LogP contribution in [0, 0.1) is 0 Å². The molecule has 0 bridgehead atoms. The van der Waals surface area contributed by atoms with E-state index in [2.05, 4.69) is 35.7 Å². The summed E-state index contributed by atoms with van der Waals surface area (Å²) in [7, 11) is 0. The van der Waals surface area contributed by atoms with E-state index in [1.807, 2.05) is 0 Å². The zero-order valence-corrected chi connectivity index (χ0v) is 12.2. The van der Waals surface area contributed by atoms with Crippen LogP contribution in [0.3, 0.4) is 0 Å². The van der Waals surface area contributed by atoms with Crippen LogP contribution < -0.4 is 0 Å². The predicted octanol–water partition coefficient (Wildman–Crippen LogP) is 3.98. The Hall–Kier alpha value is -0.900. The lowest BCUT2D eigenvalue weighted by Gasteiger charge is -2.36. The Bertz CT molecular complexity index is 534. The molecule has 1 fully saturated rings. The smallest absolute Gasteiger partial charge is 0.104 e. The van der Waals surface area contributed by atoms with Crippen LogP contribution >= 0.6 is 22.9 Å². The molecule has 3 rings (SSSR count). The summed E-state index contributed by atoms with van der Waals surface area (Å²) in [6.07, 6.45) is 1.98. The van der Waals surface area contributed by atoms with Crippen LogP contribution in [-0.4, -0.2) is 18.2 Å². The lowest BCUT2D eigenvalue weighted by Crippen LogP contribution is -2.34. The molecule has 0 spiro atoms. The highest BCUT2D eigenvalue weighted by Crippen LogP contribution is 2.42. The fourth-order valence-electron chi connectivity index (χ4n) is 2.69. The van der Waals surface area contributed by atoms with Crippen LogP contribution in [0.15, 0.2) is 35.7 Å². The van der Waals surface area contributed by atoms with E-state index in [1.54, 1.807) is 11.3 Å². The van der Waals surface area contributed by atoms with E-state index in [0.29, 0.717) is 5.88 Å². The van der Waals surface area contributed by atoms with Gasteiger partial charge in [-0.25, -0.2) is 4.98 Å². The normalized spacial score (nSPS) is 18.4. The van der Waals surface area contributed by atoms with Crippen LogP contribution in [0.2, 0.25) is 0 Å². The molecule has 0 aliphatic carbocycles. The SMILES string of the molecule is ClCc1csc(C2(c3ccccc3)CCOCC2)n1. The largest absolute Gasteiger partial charge is 0.381 e. The summed E-state index contributed by atoms with van der Waals surface area (Å²) in [4.78, 5) is 4.73. The van der Waals surface area contributed by atoms with Crippen molar-refractivity contribution in [2.24, 2.45) is 0 Å². The van der Waals surface area contributed by atoms with Gasteiger partial charge in [-0.3, -0.25) is 0 Å². The first kappa shape index (κ1) is 13.1. The van der Waals surface area contributed by atoms with Gasteiger partial charge in [0.1, 0.15) is 5.01 Å². The molecule has 1 aliphatic heterocycles. The molecule has 4 heteroatoms. The third-order valence-electron chi connectivity index (χ3n) is 3.77. The monoisotopic (exact) mass is 293 g/mol. The Morgan fingerprint density at radius 1 is 1.21 bits per heavy atom. The van der Waals surface area contributed by atoms with Gasteiger partial charge in [0.05, 0.1) is 17.0 Å². The predicted molar refractivity (Wildman–Crippen MR) is 78.9 cm³/mol. The molecule has 0 saturated carbocycles. The topological polar surface area (TPSA) is 22.1 Å². The Balaban J connectivity index is 2.06. The van der Waals surface area contributed by atoms with Crippen molar-refractivity contribution in [1.82, 2.24) is 4.98 Å². The van der Waals surface area contributed by atoms with Gasteiger partial charge in [0.2, 0.25) is 0 Å². The number of halogens is 1. The molecule has 2 aromatic rings. The van der Waals surface area contributed by atoms with Crippen molar-refractivity contribution < 1.29 is 4.74 Å². The van der Waals surface area contributed by atoms with Crippen molar-refractivity contribution in [3.63, 3.8) is 0 Å². The van der Waals surface area contributed by atoms with Crippen molar-refractivity contribution in [3.8, 4) is 0 Å². The number of benzene rings is 1. The average Bonchev–Trinajstić information content (AvgIpc) is 2.98. The molecular weight excluding hydrogens is 278 g/mol. The van der Waals surface area contributed by atoms with Crippen molar-refractivity contribution in [3.05, 3.63) is 52.0 Å².